The molecule has 2 aliphatic rings. The third-order valence-electron chi connectivity index (χ3n) is 7.06. The van der Waals surface area contributed by atoms with E-state index in [9.17, 15) is 12.8 Å². The first-order valence-electron chi connectivity index (χ1n) is 12.6. The van der Waals surface area contributed by atoms with Crippen molar-refractivity contribution in [1.29, 1.82) is 0 Å². The second-order valence-corrected chi connectivity index (χ2v) is 11.8. The lowest BCUT2D eigenvalue weighted by molar-refractivity contribution is -0.185. The van der Waals surface area contributed by atoms with Gasteiger partial charge in [-0.05, 0) is 36.8 Å². The highest BCUT2D eigenvalue weighted by Crippen LogP contribution is 2.49. The predicted octanol–water partition coefficient (Wildman–Crippen LogP) is 5.54. The van der Waals surface area contributed by atoms with E-state index >= 15 is 4.39 Å². The van der Waals surface area contributed by atoms with Gasteiger partial charge in [0.05, 0.1) is 43.5 Å². The summed E-state index contributed by atoms with van der Waals surface area (Å²) in [5.74, 6) is -3.90. The molecule has 38 heavy (non-hydrogen) atoms. The lowest BCUT2D eigenvalue weighted by atomic mass is 9.88. The van der Waals surface area contributed by atoms with Crippen LogP contribution in [0.4, 0.5) is 8.78 Å². The fraction of sp³-hybridized carbons (Fsp3) is 0.379. The molecule has 3 aromatic carbocycles. The van der Waals surface area contributed by atoms with Gasteiger partial charge < -0.3 is 18.9 Å². The molecule has 1 fully saturated rings. The van der Waals surface area contributed by atoms with Crippen LogP contribution >= 0.6 is 0 Å². The Morgan fingerprint density at radius 2 is 1.63 bits per heavy atom. The summed E-state index contributed by atoms with van der Waals surface area (Å²) >= 11 is 0. The van der Waals surface area contributed by atoms with Crippen LogP contribution in [0.25, 0.3) is 0 Å². The van der Waals surface area contributed by atoms with Crippen LogP contribution < -0.4 is 4.74 Å². The first-order valence-corrected chi connectivity index (χ1v) is 14.1. The zero-order valence-electron chi connectivity index (χ0n) is 21.1. The normalized spacial score (nSPS) is 20.6. The predicted molar refractivity (Wildman–Crippen MR) is 136 cm³/mol. The molecule has 5 rings (SSSR count). The molecule has 0 unspecified atom stereocenters. The summed E-state index contributed by atoms with van der Waals surface area (Å²) in [7, 11) is -4.14. The summed E-state index contributed by atoms with van der Waals surface area (Å²) in [6.45, 7) is 3.09. The van der Waals surface area contributed by atoms with E-state index in [1.807, 2.05) is 37.3 Å². The van der Waals surface area contributed by atoms with Gasteiger partial charge in [-0.1, -0.05) is 48.0 Å². The van der Waals surface area contributed by atoms with Gasteiger partial charge in [-0.2, -0.15) is 0 Å². The molecule has 0 bridgehead atoms. The first-order chi connectivity index (χ1) is 18.3. The van der Waals surface area contributed by atoms with Crippen molar-refractivity contribution >= 4 is 9.84 Å². The Bertz CT molecular complexity index is 1360. The average Bonchev–Trinajstić information content (AvgIpc) is 3.38. The van der Waals surface area contributed by atoms with Gasteiger partial charge in [-0.3, -0.25) is 0 Å². The average molecular weight is 545 g/mol. The Balaban J connectivity index is 1.43. The summed E-state index contributed by atoms with van der Waals surface area (Å²) in [5, 5.41) is -1.39. The van der Waals surface area contributed by atoms with Crippen molar-refractivity contribution in [3.63, 3.8) is 0 Å². The van der Waals surface area contributed by atoms with Crippen molar-refractivity contribution in [2.45, 2.75) is 42.3 Å². The standard InChI is InChI=1S/C29H30F2O6S/c1-20-7-9-23(10-8-20)38(32,33)28-22(19-35-27-25(31)12-11-24(30)26(27)28)17-29(36-15-16-37-29)13-14-34-18-21-5-3-2-4-6-21/h2-12,22,28H,13-19H2,1H3/t22-,28+/m1/s1. The second kappa shape index (κ2) is 11.1. The van der Waals surface area contributed by atoms with Crippen molar-refractivity contribution in [1.82, 2.24) is 0 Å². The highest BCUT2D eigenvalue weighted by molar-refractivity contribution is 7.91. The number of halogens is 2. The summed E-state index contributed by atoms with van der Waals surface area (Å²) in [5.41, 5.74) is 1.61. The lowest BCUT2D eigenvalue weighted by Crippen LogP contribution is -2.41. The van der Waals surface area contributed by atoms with Crippen molar-refractivity contribution in [2.75, 3.05) is 26.4 Å². The molecule has 1 saturated heterocycles. The minimum Gasteiger partial charge on any atom is -0.490 e. The number of fused-ring (bicyclic) bond motifs is 1. The van der Waals surface area contributed by atoms with Gasteiger partial charge in [0.1, 0.15) is 11.1 Å². The molecule has 0 aromatic heterocycles. The molecular formula is C29H30F2O6S. The number of ether oxygens (including phenoxy) is 4. The zero-order valence-corrected chi connectivity index (χ0v) is 21.9. The van der Waals surface area contributed by atoms with Crippen LogP contribution in [-0.2, 0) is 30.7 Å². The van der Waals surface area contributed by atoms with E-state index in [2.05, 4.69) is 0 Å². The fourth-order valence-electron chi connectivity index (χ4n) is 5.18. The molecule has 3 aromatic rings. The van der Waals surface area contributed by atoms with Crippen LogP contribution in [0.3, 0.4) is 0 Å². The number of benzene rings is 3. The van der Waals surface area contributed by atoms with Gasteiger partial charge in [0, 0.05) is 18.8 Å². The molecule has 2 heterocycles. The zero-order chi connectivity index (χ0) is 26.8. The van der Waals surface area contributed by atoms with Crippen molar-refractivity contribution in [3.05, 3.63) is 95.1 Å². The molecular weight excluding hydrogens is 514 g/mol. The minimum absolute atomic E-state index is 0.0307. The minimum atomic E-state index is -4.14. The van der Waals surface area contributed by atoms with Crippen LogP contribution in [0.1, 0.15) is 34.8 Å². The maximum absolute atomic E-state index is 15.2. The van der Waals surface area contributed by atoms with Crippen molar-refractivity contribution < 1.29 is 36.1 Å². The largest absolute Gasteiger partial charge is 0.490 e. The smallest absolute Gasteiger partial charge is 0.186 e. The van der Waals surface area contributed by atoms with E-state index in [0.29, 0.717) is 32.8 Å². The quantitative estimate of drug-likeness (QED) is 0.330. The number of sulfone groups is 1. The summed E-state index contributed by atoms with van der Waals surface area (Å²) in [6, 6.07) is 17.9. The molecule has 0 amide bonds. The lowest BCUT2D eigenvalue weighted by Gasteiger charge is -2.38. The van der Waals surface area contributed by atoms with E-state index in [1.54, 1.807) is 12.1 Å². The Hall–Kier alpha value is -2.85. The van der Waals surface area contributed by atoms with E-state index in [0.717, 1.165) is 23.3 Å². The second-order valence-electron chi connectivity index (χ2n) is 9.72. The van der Waals surface area contributed by atoms with Crippen LogP contribution in [0.5, 0.6) is 5.75 Å². The monoisotopic (exact) mass is 544 g/mol. The highest BCUT2D eigenvalue weighted by atomic mass is 32.2. The van der Waals surface area contributed by atoms with Crippen LogP contribution in [-0.4, -0.2) is 40.6 Å². The Morgan fingerprint density at radius 3 is 2.34 bits per heavy atom. The fourth-order valence-corrected chi connectivity index (χ4v) is 7.20. The van der Waals surface area contributed by atoms with Gasteiger partial charge in [0.25, 0.3) is 0 Å². The third kappa shape index (κ3) is 5.47. The van der Waals surface area contributed by atoms with Gasteiger partial charge >= 0.3 is 0 Å². The maximum Gasteiger partial charge on any atom is 0.186 e. The number of aryl methyl sites for hydroxylation is 1. The molecule has 0 aliphatic carbocycles. The molecule has 2 atom stereocenters. The Labute approximate surface area is 221 Å². The highest BCUT2D eigenvalue weighted by Gasteiger charge is 2.49. The molecule has 0 N–H and O–H groups in total. The Kier molecular flexibility index (Phi) is 7.81. The van der Waals surface area contributed by atoms with E-state index < -0.39 is 38.4 Å². The molecule has 0 spiro atoms. The molecule has 202 valence electrons. The Morgan fingerprint density at radius 1 is 0.947 bits per heavy atom. The van der Waals surface area contributed by atoms with E-state index in [1.165, 1.54) is 12.1 Å². The van der Waals surface area contributed by atoms with Crippen LogP contribution in [0.15, 0.2) is 71.6 Å². The van der Waals surface area contributed by atoms with Crippen LogP contribution in [0, 0.1) is 24.5 Å². The van der Waals surface area contributed by atoms with Crippen LogP contribution in [0.2, 0.25) is 0 Å². The first kappa shape index (κ1) is 26.7. The third-order valence-corrected chi connectivity index (χ3v) is 9.28. The molecule has 6 nitrogen and oxygen atoms in total. The molecule has 2 aliphatic heterocycles. The number of hydrogen-bond donors (Lipinski definition) is 0. The van der Waals surface area contributed by atoms with Crippen molar-refractivity contribution in [2.24, 2.45) is 5.92 Å². The topological polar surface area (TPSA) is 71.1 Å². The van der Waals surface area contributed by atoms with Crippen molar-refractivity contribution in [3.8, 4) is 5.75 Å². The molecule has 0 radical (unpaired) electrons. The SMILES string of the molecule is Cc1ccc(S(=O)(=O)[C@@H]2c3c(F)ccc(F)c3OC[C@H]2CC2(CCOCc3ccccc3)OCCO2)cc1. The van der Waals surface area contributed by atoms with Gasteiger partial charge in [0.2, 0.25) is 0 Å². The van der Waals surface area contributed by atoms with Gasteiger partial charge in [-0.15, -0.1) is 0 Å². The molecule has 9 heteroatoms. The number of rotatable bonds is 9. The number of hydrogen-bond acceptors (Lipinski definition) is 6. The summed E-state index contributed by atoms with van der Waals surface area (Å²) in [4.78, 5) is 0.0307. The van der Waals surface area contributed by atoms with Gasteiger partial charge in [-0.25, -0.2) is 17.2 Å². The summed E-state index contributed by atoms with van der Waals surface area (Å²) < 4.78 is 81.3. The molecule has 0 saturated carbocycles. The maximum atomic E-state index is 15.2. The summed E-state index contributed by atoms with van der Waals surface area (Å²) in [6.07, 6.45) is 0.443. The van der Waals surface area contributed by atoms with E-state index in [4.69, 9.17) is 18.9 Å². The van der Waals surface area contributed by atoms with Gasteiger partial charge in [0.15, 0.2) is 27.2 Å². The van der Waals surface area contributed by atoms with E-state index in [-0.39, 0.29) is 29.2 Å².